The van der Waals surface area contributed by atoms with Crippen molar-refractivity contribution in [2.75, 3.05) is 17.6 Å². The van der Waals surface area contributed by atoms with Crippen LogP contribution in [0.4, 0.5) is 5.69 Å². The molecule has 0 saturated carbocycles. The van der Waals surface area contributed by atoms with Crippen LogP contribution in [0.2, 0.25) is 0 Å². The lowest BCUT2D eigenvalue weighted by Gasteiger charge is -2.06. The number of halogens is 1. The van der Waals surface area contributed by atoms with Crippen molar-refractivity contribution < 1.29 is 17.9 Å². The van der Waals surface area contributed by atoms with Gasteiger partial charge in [-0.2, -0.15) is 0 Å². The highest BCUT2D eigenvalue weighted by Gasteiger charge is 2.06. The van der Waals surface area contributed by atoms with Gasteiger partial charge in [0.2, 0.25) is 10.0 Å². The molecule has 0 aliphatic carbocycles. The molecule has 0 aliphatic rings. The number of carbonyl (C=O) groups excluding carboxylic acids is 1. The Morgan fingerprint density at radius 3 is 2.61 bits per heavy atom. The van der Waals surface area contributed by atoms with Crippen LogP contribution in [0.5, 0.6) is 0 Å². The molecule has 0 spiro atoms. The third kappa shape index (κ3) is 6.46. The molecule has 0 unspecified atom stereocenters. The molecule has 0 aliphatic heterocycles. The fraction of sp³-hybridized carbons (Fsp3) is 0.364. The van der Waals surface area contributed by atoms with E-state index in [2.05, 4.69) is 4.72 Å². The van der Waals surface area contributed by atoms with Crippen molar-refractivity contribution in [1.82, 2.24) is 0 Å². The van der Waals surface area contributed by atoms with E-state index in [0.29, 0.717) is 17.9 Å². The molecule has 0 saturated heterocycles. The van der Waals surface area contributed by atoms with Crippen LogP contribution in [0.1, 0.15) is 12.5 Å². The fourth-order valence-corrected chi connectivity index (χ4v) is 1.89. The molecule has 102 valence electrons. The van der Waals surface area contributed by atoms with Crippen LogP contribution in [0.3, 0.4) is 0 Å². The van der Waals surface area contributed by atoms with Gasteiger partial charge in [-0.1, -0.05) is 12.1 Å². The Bertz CT molecular complexity index is 502. The van der Waals surface area contributed by atoms with Gasteiger partial charge in [-0.3, -0.25) is 9.52 Å². The predicted octanol–water partition coefficient (Wildman–Crippen LogP) is 1.59. The van der Waals surface area contributed by atoms with Crippen LogP contribution >= 0.6 is 12.4 Å². The molecule has 0 heterocycles. The van der Waals surface area contributed by atoms with Gasteiger partial charge in [0.1, 0.15) is 0 Å². The van der Waals surface area contributed by atoms with E-state index in [4.69, 9.17) is 4.74 Å². The van der Waals surface area contributed by atoms with Gasteiger partial charge in [0.15, 0.2) is 0 Å². The van der Waals surface area contributed by atoms with E-state index in [-0.39, 0.29) is 24.8 Å². The minimum atomic E-state index is -3.30. The minimum Gasteiger partial charge on any atom is -0.466 e. The average molecular weight is 294 g/mol. The van der Waals surface area contributed by atoms with Gasteiger partial charge in [0.25, 0.3) is 0 Å². The zero-order valence-electron chi connectivity index (χ0n) is 10.2. The molecular formula is C11H16ClNO4S. The Morgan fingerprint density at radius 2 is 2.06 bits per heavy atom. The molecule has 5 nitrogen and oxygen atoms in total. The summed E-state index contributed by atoms with van der Waals surface area (Å²) in [5.74, 6) is -0.330. The number of carbonyl (C=O) groups is 1. The number of esters is 1. The van der Waals surface area contributed by atoms with Gasteiger partial charge in [0.05, 0.1) is 19.3 Å². The van der Waals surface area contributed by atoms with Crippen LogP contribution in [-0.2, 0) is 26.0 Å². The Morgan fingerprint density at radius 1 is 1.39 bits per heavy atom. The van der Waals surface area contributed by atoms with Gasteiger partial charge < -0.3 is 4.74 Å². The summed E-state index contributed by atoms with van der Waals surface area (Å²) >= 11 is 0. The average Bonchev–Trinajstić information content (AvgIpc) is 2.15. The van der Waals surface area contributed by atoms with Gasteiger partial charge in [-0.25, -0.2) is 8.42 Å². The lowest BCUT2D eigenvalue weighted by Crippen LogP contribution is -2.11. The number of anilines is 1. The first-order chi connectivity index (χ1) is 7.90. The minimum absolute atomic E-state index is 0. The van der Waals surface area contributed by atoms with Crippen molar-refractivity contribution in [2.45, 2.75) is 13.3 Å². The van der Waals surface area contributed by atoms with Crippen molar-refractivity contribution in [3.8, 4) is 0 Å². The van der Waals surface area contributed by atoms with E-state index < -0.39 is 10.0 Å². The number of sulfonamides is 1. The van der Waals surface area contributed by atoms with Crippen LogP contribution in [-0.4, -0.2) is 27.2 Å². The molecule has 0 radical (unpaired) electrons. The van der Waals surface area contributed by atoms with Crippen molar-refractivity contribution in [1.29, 1.82) is 0 Å². The number of nitrogens with one attached hydrogen (secondary N) is 1. The molecule has 0 fully saturated rings. The van der Waals surface area contributed by atoms with Crippen LogP contribution in [0.25, 0.3) is 0 Å². The second-order valence-electron chi connectivity index (χ2n) is 3.56. The zero-order chi connectivity index (χ0) is 12.9. The summed E-state index contributed by atoms with van der Waals surface area (Å²) in [4.78, 5) is 11.2. The normalized spacial score (nSPS) is 10.3. The van der Waals surface area contributed by atoms with Crippen molar-refractivity contribution in [3.05, 3.63) is 29.8 Å². The Balaban J connectivity index is 0.00000289. The van der Waals surface area contributed by atoms with E-state index in [1.54, 1.807) is 31.2 Å². The quantitative estimate of drug-likeness (QED) is 0.837. The summed E-state index contributed by atoms with van der Waals surface area (Å²) in [5, 5.41) is 0. The highest BCUT2D eigenvalue weighted by atomic mass is 35.5. The van der Waals surface area contributed by atoms with E-state index in [1.807, 2.05) is 0 Å². The molecule has 1 aromatic rings. The number of rotatable bonds is 5. The zero-order valence-corrected chi connectivity index (χ0v) is 11.8. The third-order valence-electron chi connectivity index (χ3n) is 1.88. The summed E-state index contributed by atoms with van der Waals surface area (Å²) < 4.78 is 29.2. The molecule has 0 atom stereocenters. The van der Waals surface area contributed by atoms with Crippen LogP contribution in [0.15, 0.2) is 24.3 Å². The number of benzene rings is 1. The molecule has 0 amide bonds. The maximum atomic E-state index is 11.2. The standard InChI is InChI=1S/C11H15NO4S.ClH/c1-3-16-11(13)8-9-5-4-6-10(7-9)12-17(2,14)15;/h4-7,12H,3,8H2,1-2H3;1H. The lowest BCUT2D eigenvalue weighted by molar-refractivity contribution is -0.142. The number of ether oxygens (including phenoxy) is 1. The fourth-order valence-electron chi connectivity index (χ4n) is 1.34. The molecule has 7 heteroatoms. The molecule has 1 aromatic carbocycles. The molecule has 0 bridgehead atoms. The van der Waals surface area contributed by atoms with Crippen molar-refractivity contribution in [3.63, 3.8) is 0 Å². The topological polar surface area (TPSA) is 72.5 Å². The second kappa shape index (κ2) is 7.23. The molecule has 18 heavy (non-hydrogen) atoms. The summed E-state index contributed by atoms with van der Waals surface area (Å²) in [6, 6.07) is 6.65. The van der Waals surface area contributed by atoms with Gasteiger partial charge >= 0.3 is 5.97 Å². The second-order valence-corrected chi connectivity index (χ2v) is 5.30. The third-order valence-corrected chi connectivity index (χ3v) is 2.49. The van der Waals surface area contributed by atoms with Crippen LogP contribution < -0.4 is 4.72 Å². The van der Waals surface area contributed by atoms with Gasteiger partial charge in [-0.15, -0.1) is 12.4 Å². The van der Waals surface area contributed by atoms with Crippen molar-refractivity contribution in [2.24, 2.45) is 0 Å². The first-order valence-electron chi connectivity index (χ1n) is 5.13. The van der Waals surface area contributed by atoms with Crippen molar-refractivity contribution >= 4 is 34.1 Å². The maximum absolute atomic E-state index is 11.2. The van der Waals surface area contributed by atoms with E-state index in [1.165, 1.54) is 0 Å². The smallest absolute Gasteiger partial charge is 0.310 e. The maximum Gasteiger partial charge on any atom is 0.310 e. The molecule has 1 rings (SSSR count). The highest BCUT2D eigenvalue weighted by molar-refractivity contribution is 7.92. The highest BCUT2D eigenvalue weighted by Crippen LogP contribution is 2.12. The summed E-state index contributed by atoms with van der Waals surface area (Å²) in [6.07, 6.45) is 1.21. The van der Waals surface area contributed by atoms with E-state index in [0.717, 1.165) is 6.26 Å². The largest absolute Gasteiger partial charge is 0.466 e. The number of hydrogen-bond acceptors (Lipinski definition) is 4. The molecule has 1 N–H and O–H groups in total. The monoisotopic (exact) mass is 293 g/mol. The lowest BCUT2D eigenvalue weighted by atomic mass is 10.1. The predicted molar refractivity (Wildman–Crippen MR) is 72.5 cm³/mol. The molecular weight excluding hydrogens is 278 g/mol. The Hall–Kier alpha value is -1.27. The Labute approximate surface area is 113 Å². The van der Waals surface area contributed by atoms with E-state index >= 15 is 0 Å². The number of hydrogen-bond donors (Lipinski definition) is 1. The van der Waals surface area contributed by atoms with Gasteiger partial charge in [0, 0.05) is 5.69 Å². The van der Waals surface area contributed by atoms with Gasteiger partial charge in [-0.05, 0) is 24.6 Å². The first-order valence-corrected chi connectivity index (χ1v) is 7.02. The SMILES string of the molecule is CCOC(=O)Cc1cccc(NS(C)(=O)=O)c1.Cl. The van der Waals surface area contributed by atoms with Crippen LogP contribution in [0, 0.1) is 0 Å². The van der Waals surface area contributed by atoms with E-state index in [9.17, 15) is 13.2 Å². The first kappa shape index (κ1) is 16.7. The summed E-state index contributed by atoms with van der Waals surface area (Å²) in [6.45, 7) is 2.07. The summed E-state index contributed by atoms with van der Waals surface area (Å²) in [5.41, 5.74) is 1.14. The molecule has 0 aromatic heterocycles. The Kier molecular flexibility index (Phi) is 6.72. The summed E-state index contributed by atoms with van der Waals surface area (Å²) in [7, 11) is -3.30.